The van der Waals surface area contributed by atoms with Gasteiger partial charge in [-0.25, -0.2) is 8.42 Å². The lowest BCUT2D eigenvalue weighted by Gasteiger charge is -2.22. The van der Waals surface area contributed by atoms with Crippen LogP contribution in [-0.2, 0) is 14.6 Å². The topological polar surface area (TPSA) is 66.5 Å². The Hall–Kier alpha value is -0.620. The van der Waals surface area contributed by atoms with Gasteiger partial charge >= 0.3 is 0 Å². The number of nitrogens with zero attached hydrogens (tertiary/aromatic N) is 1. The van der Waals surface area contributed by atoms with Crippen LogP contribution in [0.1, 0.15) is 34.6 Å². The number of carbonyl (C=O) groups excluding carboxylic acids is 1. The van der Waals surface area contributed by atoms with Crippen LogP contribution < -0.4 is 5.32 Å². The lowest BCUT2D eigenvalue weighted by molar-refractivity contribution is -0.131. The van der Waals surface area contributed by atoms with Crippen LogP contribution in [0.4, 0.5) is 0 Å². The van der Waals surface area contributed by atoms with Gasteiger partial charge in [-0.1, -0.05) is 0 Å². The van der Waals surface area contributed by atoms with Gasteiger partial charge in [0.15, 0.2) is 9.84 Å². The monoisotopic (exact) mass is 278 g/mol. The molecule has 0 aromatic rings. The summed E-state index contributed by atoms with van der Waals surface area (Å²) in [6.45, 7) is 9.63. The van der Waals surface area contributed by atoms with Crippen LogP contribution in [0.15, 0.2) is 0 Å². The molecule has 0 aromatic heterocycles. The fraction of sp³-hybridized carbons (Fsp3) is 0.917. The fourth-order valence-corrected chi connectivity index (χ4v) is 2.29. The maximum absolute atomic E-state index is 11.9. The first-order valence-electron chi connectivity index (χ1n) is 6.23. The van der Waals surface area contributed by atoms with Gasteiger partial charge in [0.2, 0.25) is 5.91 Å². The van der Waals surface area contributed by atoms with Crippen LogP contribution in [0.5, 0.6) is 0 Å². The van der Waals surface area contributed by atoms with Gasteiger partial charge in [0.1, 0.15) is 0 Å². The third-order valence-electron chi connectivity index (χ3n) is 2.98. The smallest absolute Gasteiger partial charge is 0.239 e. The van der Waals surface area contributed by atoms with Crippen molar-refractivity contribution in [3.8, 4) is 0 Å². The molecule has 0 saturated carbocycles. The van der Waals surface area contributed by atoms with Gasteiger partial charge in [-0.15, -0.1) is 0 Å². The van der Waals surface area contributed by atoms with Gasteiger partial charge < -0.3 is 10.2 Å². The van der Waals surface area contributed by atoms with E-state index >= 15 is 0 Å². The second-order valence-corrected chi connectivity index (χ2v) is 8.32. The summed E-state index contributed by atoms with van der Waals surface area (Å²) in [6.07, 6.45) is 0. The second kappa shape index (κ2) is 6.52. The molecule has 0 aliphatic carbocycles. The Morgan fingerprint density at radius 3 is 2.22 bits per heavy atom. The molecule has 0 bridgehead atoms. The van der Waals surface area contributed by atoms with Crippen molar-refractivity contribution < 1.29 is 13.2 Å². The zero-order valence-electron chi connectivity index (χ0n) is 12.3. The maximum atomic E-state index is 11.9. The second-order valence-electron chi connectivity index (χ2n) is 5.46. The summed E-state index contributed by atoms with van der Waals surface area (Å²) in [5.74, 6) is 0.0231. The Morgan fingerprint density at radius 1 is 1.33 bits per heavy atom. The molecule has 5 nitrogen and oxygen atoms in total. The summed E-state index contributed by atoms with van der Waals surface area (Å²) in [6, 6.07) is -0.356. The van der Waals surface area contributed by atoms with Crippen molar-refractivity contribution >= 4 is 15.7 Å². The SMILES string of the molecule is CCN(C)C(=O)C(C)NCCS(=O)(=O)C(C)(C)C. The molecule has 18 heavy (non-hydrogen) atoms. The van der Waals surface area contributed by atoms with Crippen LogP contribution >= 0.6 is 0 Å². The van der Waals surface area contributed by atoms with E-state index in [0.29, 0.717) is 13.1 Å². The summed E-state index contributed by atoms with van der Waals surface area (Å²) < 4.78 is 23.0. The normalized spacial score (nSPS) is 14.3. The summed E-state index contributed by atoms with van der Waals surface area (Å²) in [5, 5.41) is 2.96. The number of nitrogens with one attached hydrogen (secondary N) is 1. The third-order valence-corrected chi connectivity index (χ3v) is 5.58. The predicted molar refractivity (Wildman–Crippen MR) is 74.3 cm³/mol. The van der Waals surface area contributed by atoms with Crippen molar-refractivity contribution in [3.63, 3.8) is 0 Å². The quantitative estimate of drug-likeness (QED) is 0.775. The van der Waals surface area contributed by atoms with E-state index in [1.54, 1.807) is 39.6 Å². The first-order chi connectivity index (χ1) is 8.03. The van der Waals surface area contributed by atoms with Crippen LogP contribution in [-0.4, -0.2) is 55.9 Å². The molecule has 6 heteroatoms. The van der Waals surface area contributed by atoms with E-state index in [1.807, 2.05) is 6.92 Å². The number of rotatable bonds is 6. The highest BCUT2D eigenvalue weighted by Gasteiger charge is 2.28. The highest BCUT2D eigenvalue weighted by atomic mass is 32.2. The molecule has 108 valence electrons. The molecule has 0 aliphatic heterocycles. The van der Waals surface area contributed by atoms with Crippen molar-refractivity contribution in [3.05, 3.63) is 0 Å². The third kappa shape index (κ3) is 4.94. The van der Waals surface area contributed by atoms with Crippen molar-refractivity contribution in [2.24, 2.45) is 0 Å². The van der Waals surface area contributed by atoms with E-state index in [-0.39, 0.29) is 17.7 Å². The standard InChI is InChI=1S/C12H26N2O3S/c1-7-14(6)11(15)10(2)13-8-9-18(16,17)12(3,4)5/h10,13H,7-9H2,1-6H3. The van der Waals surface area contributed by atoms with Crippen molar-refractivity contribution in [1.82, 2.24) is 10.2 Å². The van der Waals surface area contributed by atoms with Gasteiger partial charge in [0, 0.05) is 20.1 Å². The van der Waals surface area contributed by atoms with Crippen LogP contribution in [0.25, 0.3) is 0 Å². The number of hydrogen-bond acceptors (Lipinski definition) is 4. The number of amides is 1. The molecule has 0 radical (unpaired) electrons. The van der Waals surface area contributed by atoms with E-state index < -0.39 is 14.6 Å². The Bertz CT molecular complexity index is 371. The number of sulfone groups is 1. The number of hydrogen-bond donors (Lipinski definition) is 1. The zero-order valence-corrected chi connectivity index (χ0v) is 13.1. The van der Waals surface area contributed by atoms with Crippen LogP contribution in [0.3, 0.4) is 0 Å². The van der Waals surface area contributed by atoms with Gasteiger partial charge in [-0.2, -0.15) is 0 Å². The Labute approximate surface area is 111 Å². The number of likely N-dealkylation sites (N-methyl/N-ethyl adjacent to an activating group) is 1. The molecule has 0 heterocycles. The first-order valence-corrected chi connectivity index (χ1v) is 7.88. The Morgan fingerprint density at radius 2 is 1.83 bits per heavy atom. The fourth-order valence-electron chi connectivity index (χ4n) is 1.29. The maximum Gasteiger partial charge on any atom is 0.239 e. The van der Waals surface area contributed by atoms with Gasteiger partial charge in [-0.3, -0.25) is 4.79 Å². The zero-order chi connectivity index (χ0) is 14.6. The highest BCUT2D eigenvalue weighted by molar-refractivity contribution is 7.92. The molecule has 0 aromatic carbocycles. The van der Waals surface area contributed by atoms with E-state index in [1.165, 1.54) is 0 Å². The molecule has 0 fully saturated rings. The van der Waals surface area contributed by atoms with Gasteiger partial charge in [-0.05, 0) is 34.6 Å². The lowest BCUT2D eigenvalue weighted by atomic mass is 10.3. The minimum atomic E-state index is -3.13. The molecule has 1 atom stereocenters. The number of carbonyl (C=O) groups is 1. The molecule has 1 N–H and O–H groups in total. The van der Waals surface area contributed by atoms with E-state index in [0.717, 1.165) is 0 Å². The molecule has 1 amide bonds. The lowest BCUT2D eigenvalue weighted by Crippen LogP contribution is -2.45. The first kappa shape index (κ1) is 17.4. The largest absolute Gasteiger partial charge is 0.345 e. The predicted octanol–water partition coefficient (Wildman–Crippen LogP) is 0.656. The van der Waals surface area contributed by atoms with Crippen LogP contribution in [0.2, 0.25) is 0 Å². The van der Waals surface area contributed by atoms with E-state index in [2.05, 4.69) is 5.32 Å². The molecule has 0 spiro atoms. The molecule has 1 unspecified atom stereocenters. The summed E-state index contributed by atoms with van der Waals surface area (Å²) in [5.41, 5.74) is 0. The Balaban J connectivity index is 4.26. The van der Waals surface area contributed by atoms with Crippen molar-refractivity contribution in [2.45, 2.75) is 45.4 Å². The van der Waals surface area contributed by atoms with Crippen LogP contribution in [0, 0.1) is 0 Å². The Kier molecular flexibility index (Phi) is 6.29. The summed E-state index contributed by atoms with van der Waals surface area (Å²) in [7, 11) is -1.40. The molecular formula is C12H26N2O3S. The van der Waals surface area contributed by atoms with Gasteiger partial charge in [0.05, 0.1) is 16.5 Å². The average molecular weight is 278 g/mol. The van der Waals surface area contributed by atoms with Crippen molar-refractivity contribution in [2.75, 3.05) is 25.9 Å². The minimum absolute atomic E-state index is 0.0225. The highest BCUT2D eigenvalue weighted by Crippen LogP contribution is 2.15. The van der Waals surface area contributed by atoms with Gasteiger partial charge in [0.25, 0.3) is 0 Å². The average Bonchev–Trinajstić information content (AvgIpc) is 2.24. The summed E-state index contributed by atoms with van der Waals surface area (Å²) in [4.78, 5) is 13.3. The molecule has 0 saturated heterocycles. The molecule has 0 rings (SSSR count). The minimum Gasteiger partial charge on any atom is -0.345 e. The van der Waals surface area contributed by atoms with E-state index in [9.17, 15) is 13.2 Å². The molecular weight excluding hydrogens is 252 g/mol. The summed E-state index contributed by atoms with van der Waals surface area (Å²) >= 11 is 0. The van der Waals surface area contributed by atoms with E-state index in [4.69, 9.17) is 0 Å². The molecule has 0 aliphatic rings. The van der Waals surface area contributed by atoms with Crippen molar-refractivity contribution in [1.29, 1.82) is 0 Å².